The predicted molar refractivity (Wildman–Crippen MR) is 85.2 cm³/mol. The fourth-order valence-electron chi connectivity index (χ4n) is 2.65. The molecule has 126 valence electrons. The molecular formula is C16H19ClF2N2O2. The topological polar surface area (TPSA) is 40.6 Å². The van der Waals surface area contributed by atoms with E-state index >= 15 is 0 Å². The smallest absolute Gasteiger partial charge is 0.255 e. The molecule has 7 heteroatoms. The van der Waals surface area contributed by atoms with Crippen LogP contribution in [0.15, 0.2) is 18.2 Å². The summed E-state index contributed by atoms with van der Waals surface area (Å²) in [7, 11) is 0. The number of halogens is 3. The van der Waals surface area contributed by atoms with Crippen LogP contribution in [0, 0.1) is 0 Å². The van der Waals surface area contributed by atoms with E-state index in [0.717, 1.165) is 11.3 Å². The van der Waals surface area contributed by atoms with Crippen molar-refractivity contribution < 1.29 is 18.4 Å². The first-order chi connectivity index (χ1) is 10.9. The lowest BCUT2D eigenvalue weighted by Gasteiger charge is -2.23. The molecule has 0 bridgehead atoms. The van der Waals surface area contributed by atoms with Gasteiger partial charge in [-0.1, -0.05) is 18.5 Å². The number of carbonyl (C=O) groups excluding carboxylic acids is 2. The molecule has 0 N–H and O–H groups in total. The van der Waals surface area contributed by atoms with Crippen LogP contribution in [-0.2, 0) is 4.79 Å². The van der Waals surface area contributed by atoms with Crippen molar-refractivity contribution in [2.45, 2.75) is 32.6 Å². The Bertz CT molecular complexity index is 595. The van der Waals surface area contributed by atoms with Crippen LogP contribution in [0.25, 0.3) is 0 Å². The second-order valence-electron chi connectivity index (χ2n) is 5.46. The number of hydrogen-bond acceptors (Lipinski definition) is 2. The summed E-state index contributed by atoms with van der Waals surface area (Å²) in [6.45, 7) is 2.00. The molecule has 1 aromatic carbocycles. The molecule has 0 saturated carbocycles. The summed E-state index contributed by atoms with van der Waals surface area (Å²) in [5, 5.41) is 0.195. The maximum Gasteiger partial charge on any atom is 0.255 e. The summed E-state index contributed by atoms with van der Waals surface area (Å²) < 4.78 is 25.4. The summed E-state index contributed by atoms with van der Waals surface area (Å²) in [5.41, 5.74) is 0.728. The van der Waals surface area contributed by atoms with Crippen LogP contribution in [0.4, 0.5) is 14.5 Å². The Hall–Kier alpha value is -1.69. The Morgan fingerprint density at radius 3 is 2.74 bits per heavy atom. The van der Waals surface area contributed by atoms with Crippen LogP contribution in [-0.4, -0.2) is 42.8 Å². The standard InChI is InChI=1S/C16H19ClF2N2O2/c1-2-7-20(10-14(18)19)16(23)12-9-11(5-6-13(12)17)21-8-3-4-15(21)22/h5-6,9,14H,2-4,7-8,10H2,1H3. The molecule has 1 aromatic rings. The number of alkyl halides is 2. The van der Waals surface area contributed by atoms with Gasteiger partial charge in [-0.2, -0.15) is 0 Å². The fraction of sp³-hybridized carbons (Fsp3) is 0.500. The molecule has 1 saturated heterocycles. The number of rotatable bonds is 6. The highest BCUT2D eigenvalue weighted by Crippen LogP contribution is 2.27. The van der Waals surface area contributed by atoms with Crippen molar-refractivity contribution in [1.82, 2.24) is 4.90 Å². The number of carbonyl (C=O) groups is 2. The van der Waals surface area contributed by atoms with Crippen molar-refractivity contribution in [3.05, 3.63) is 28.8 Å². The molecule has 4 nitrogen and oxygen atoms in total. The van der Waals surface area contributed by atoms with Gasteiger partial charge in [0.2, 0.25) is 5.91 Å². The minimum Gasteiger partial charge on any atom is -0.333 e. The van der Waals surface area contributed by atoms with E-state index in [4.69, 9.17) is 11.6 Å². The highest BCUT2D eigenvalue weighted by Gasteiger charge is 2.25. The zero-order valence-electron chi connectivity index (χ0n) is 12.9. The second-order valence-corrected chi connectivity index (χ2v) is 5.86. The third-order valence-corrected chi connectivity index (χ3v) is 4.03. The molecule has 2 rings (SSSR count). The minimum atomic E-state index is -2.60. The van der Waals surface area contributed by atoms with Gasteiger partial charge in [0, 0.05) is 25.2 Å². The van der Waals surface area contributed by atoms with E-state index in [1.54, 1.807) is 11.0 Å². The number of anilines is 1. The van der Waals surface area contributed by atoms with Crippen molar-refractivity contribution in [2.24, 2.45) is 0 Å². The molecular weight excluding hydrogens is 326 g/mol. The van der Waals surface area contributed by atoms with Crippen molar-refractivity contribution in [1.29, 1.82) is 0 Å². The van der Waals surface area contributed by atoms with Gasteiger partial charge in [-0.3, -0.25) is 9.59 Å². The first-order valence-electron chi connectivity index (χ1n) is 7.61. The summed E-state index contributed by atoms with van der Waals surface area (Å²) in [4.78, 5) is 27.1. The van der Waals surface area contributed by atoms with E-state index in [2.05, 4.69) is 0 Å². The summed E-state index contributed by atoms with van der Waals surface area (Å²) in [5.74, 6) is -0.547. The van der Waals surface area contributed by atoms with E-state index in [1.807, 2.05) is 6.92 Å². The molecule has 0 atom stereocenters. The van der Waals surface area contributed by atoms with Gasteiger partial charge in [0.1, 0.15) is 0 Å². The van der Waals surface area contributed by atoms with Gasteiger partial charge in [-0.05, 0) is 31.0 Å². The van der Waals surface area contributed by atoms with Crippen LogP contribution >= 0.6 is 11.6 Å². The monoisotopic (exact) mass is 344 g/mol. The number of amides is 2. The Kier molecular flexibility index (Phi) is 5.93. The van der Waals surface area contributed by atoms with E-state index in [9.17, 15) is 18.4 Å². The zero-order valence-corrected chi connectivity index (χ0v) is 13.7. The van der Waals surface area contributed by atoms with Gasteiger partial charge in [0.15, 0.2) is 0 Å². The third kappa shape index (κ3) is 4.19. The van der Waals surface area contributed by atoms with Crippen LogP contribution in [0.1, 0.15) is 36.5 Å². The molecule has 0 radical (unpaired) electrons. The van der Waals surface area contributed by atoms with Crippen molar-refractivity contribution >= 4 is 29.1 Å². The van der Waals surface area contributed by atoms with Crippen molar-refractivity contribution in [3.8, 4) is 0 Å². The Balaban J connectivity index is 2.29. The molecule has 0 aliphatic carbocycles. The molecule has 0 aromatic heterocycles. The quantitative estimate of drug-likeness (QED) is 0.791. The highest BCUT2D eigenvalue weighted by atomic mass is 35.5. The average molecular weight is 345 g/mol. The van der Waals surface area contributed by atoms with Gasteiger partial charge >= 0.3 is 0 Å². The molecule has 0 spiro atoms. The Morgan fingerprint density at radius 2 is 2.17 bits per heavy atom. The zero-order chi connectivity index (χ0) is 17.0. The van der Waals surface area contributed by atoms with Gasteiger partial charge < -0.3 is 9.80 Å². The lowest BCUT2D eigenvalue weighted by Crippen LogP contribution is -2.36. The van der Waals surface area contributed by atoms with E-state index in [1.165, 1.54) is 12.1 Å². The molecule has 1 aliphatic heterocycles. The molecule has 23 heavy (non-hydrogen) atoms. The van der Waals surface area contributed by atoms with Gasteiger partial charge in [0.05, 0.1) is 17.1 Å². The molecule has 0 unspecified atom stereocenters. The summed E-state index contributed by atoms with van der Waals surface area (Å²) in [6, 6.07) is 4.71. The molecule has 1 aliphatic rings. The van der Waals surface area contributed by atoms with Crippen LogP contribution in [0.2, 0.25) is 5.02 Å². The third-order valence-electron chi connectivity index (χ3n) is 3.70. The molecule has 1 heterocycles. The van der Waals surface area contributed by atoms with E-state index in [0.29, 0.717) is 25.1 Å². The maximum absolute atomic E-state index is 12.7. The first kappa shape index (κ1) is 17.7. The summed E-state index contributed by atoms with van der Waals surface area (Å²) >= 11 is 6.08. The SMILES string of the molecule is CCCN(CC(F)F)C(=O)c1cc(N2CCCC2=O)ccc1Cl. The van der Waals surface area contributed by atoms with Crippen LogP contribution < -0.4 is 4.90 Å². The average Bonchev–Trinajstić information content (AvgIpc) is 2.92. The van der Waals surface area contributed by atoms with Gasteiger partial charge in [-0.25, -0.2) is 8.78 Å². The minimum absolute atomic E-state index is 0.0104. The van der Waals surface area contributed by atoms with Crippen molar-refractivity contribution in [2.75, 3.05) is 24.5 Å². The Labute approximate surface area is 139 Å². The van der Waals surface area contributed by atoms with Crippen LogP contribution in [0.3, 0.4) is 0 Å². The normalized spacial score (nSPS) is 14.7. The summed E-state index contributed by atoms with van der Waals surface area (Å²) in [6.07, 6.45) is -0.801. The first-order valence-corrected chi connectivity index (χ1v) is 7.99. The highest BCUT2D eigenvalue weighted by molar-refractivity contribution is 6.34. The number of nitrogens with zero attached hydrogens (tertiary/aromatic N) is 2. The van der Waals surface area contributed by atoms with Crippen LogP contribution in [0.5, 0.6) is 0 Å². The predicted octanol–water partition coefficient (Wildman–Crippen LogP) is 3.58. The molecule has 1 fully saturated rings. The lowest BCUT2D eigenvalue weighted by atomic mass is 10.1. The maximum atomic E-state index is 12.7. The second kappa shape index (κ2) is 7.73. The largest absolute Gasteiger partial charge is 0.333 e. The van der Waals surface area contributed by atoms with E-state index < -0.39 is 18.9 Å². The van der Waals surface area contributed by atoms with Crippen molar-refractivity contribution in [3.63, 3.8) is 0 Å². The van der Waals surface area contributed by atoms with Gasteiger partial charge in [0.25, 0.3) is 12.3 Å². The number of hydrogen-bond donors (Lipinski definition) is 0. The number of benzene rings is 1. The van der Waals surface area contributed by atoms with E-state index in [-0.39, 0.29) is 23.0 Å². The fourth-order valence-corrected chi connectivity index (χ4v) is 2.85. The Morgan fingerprint density at radius 1 is 1.43 bits per heavy atom. The molecule has 2 amide bonds. The lowest BCUT2D eigenvalue weighted by molar-refractivity contribution is -0.117. The van der Waals surface area contributed by atoms with Gasteiger partial charge in [-0.15, -0.1) is 0 Å².